The molecule has 0 saturated heterocycles. The maximum atomic E-state index is 11.6. The number of methoxy groups -OCH3 is 1. The van der Waals surface area contributed by atoms with E-state index in [4.69, 9.17) is 9.47 Å². The van der Waals surface area contributed by atoms with Crippen molar-refractivity contribution in [2.24, 2.45) is 0 Å². The minimum atomic E-state index is -0.462. The molecule has 0 fully saturated rings. The molecule has 0 aromatic heterocycles. The largest absolute Gasteiger partial charge is 0.497 e. The lowest BCUT2D eigenvalue weighted by molar-refractivity contribution is 0.0528. The molecule has 1 amide bonds. The molecule has 2 N–H and O–H groups in total. The first-order valence-corrected chi connectivity index (χ1v) is 8.26. The van der Waals surface area contributed by atoms with E-state index in [1.165, 1.54) is 17.5 Å². The smallest absolute Gasteiger partial charge is 0.407 e. The molecule has 0 aliphatic heterocycles. The Morgan fingerprint density at radius 1 is 1.30 bits per heavy atom. The fraction of sp³-hybridized carbons (Fsp3) is 0.611. The van der Waals surface area contributed by atoms with Gasteiger partial charge in [-0.25, -0.2) is 4.79 Å². The van der Waals surface area contributed by atoms with E-state index in [1.807, 2.05) is 26.8 Å². The van der Waals surface area contributed by atoms with Crippen molar-refractivity contribution in [1.29, 1.82) is 0 Å². The predicted molar refractivity (Wildman–Crippen MR) is 90.9 cm³/mol. The van der Waals surface area contributed by atoms with Crippen LogP contribution in [0.1, 0.15) is 50.8 Å². The number of alkyl carbamates (subject to hydrolysis) is 1. The van der Waals surface area contributed by atoms with Crippen LogP contribution in [0.4, 0.5) is 4.79 Å². The van der Waals surface area contributed by atoms with Gasteiger partial charge in [0, 0.05) is 19.1 Å². The summed E-state index contributed by atoms with van der Waals surface area (Å²) in [4.78, 5) is 11.6. The summed E-state index contributed by atoms with van der Waals surface area (Å²) in [7, 11) is 1.69. The number of benzene rings is 1. The summed E-state index contributed by atoms with van der Waals surface area (Å²) in [6, 6.07) is 6.61. The van der Waals surface area contributed by atoms with Gasteiger partial charge in [-0.2, -0.15) is 0 Å². The Labute approximate surface area is 138 Å². The summed E-state index contributed by atoms with van der Waals surface area (Å²) in [6.45, 7) is 6.83. The maximum absolute atomic E-state index is 11.6. The Morgan fingerprint density at radius 2 is 2.09 bits per heavy atom. The standard InChI is InChI=1S/C18H28N2O3/c1-18(2,3)23-17(21)20-11-10-19-16-7-5-6-13-8-9-14(22-4)12-15(13)16/h8-9,12,16,19H,5-7,10-11H2,1-4H3,(H,20,21). The number of hydrogen-bond donors (Lipinski definition) is 2. The lowest BCUT2D eigenvalue weighted by Gasteiger charge is -2.27. The third-order valence-electron chi connectivity index (χ3n) is 3.85. The molecular formula is C18H28N2O3. The van der Waals surface area contributed by atoms with Crippen molar-refractivity contribution in [2.45, 2.75) is 51.7 Å². The number of amides is 1. The van der Waals surface area contributed by atoms with E-state index in [9.17, 15) is 4.79 Å². The minimum Gasteiger partial charge on any atom is -0.497 e. The Bertz CT molecular complexity index is 538. The molecule has 1 unspecified atom stereocenters. The van der Waals surface area contributed by atoms with Crippen LogP contribution >= 0.6 is 0 Å². The molecule has 1 aromatic rings. The highest BCUT2D eigenvalue weighted by Crippen LogP contribution is 2.32. The van der Waals surface area contributed by atoms with Crippen LogP contribution in [0.25, 0.3) is 0 Å². The van der Waals surface area contributed by atoms with Crippen LogP contribution in [0.15, 0.2) is 18.2 Å². The Morgan fingerprint density at radius 3 is 2.78 bits per heavy atom. The lowest BCUT2D eigenvalue weighted by Crippen LogP contribution is -2.37. The van der Waals surface area contributed by atoms with Crippen molar-refractivity contribution in [3.05, 3.63) is 29.3 Å². The monoisotopic (exact) mass is 320 g/mol. The van der Waals surface area contributed by atoms with Crippen molar-refractivity contribution in [3.8, 4) is 5.75 Å². The number of ether oxygens (including phenoxy) is 2. The fourth-order valence-electron chi connectivity index (χ4n) is 2.84. The third-order valence-corrected chi connectivity index (χ3v) is 3.85. The summed E-state index contributed by atoms with van der Waals surface area (Å²) in [5.74, 6) is 0.893. The van der Waals surface area contributed by atoms with Crippen molar-refractivity contribution in [1.82, 2.24) is 10.6 Å². The Hall–Kier alpha value is -1.75. The first-order chi connectivity index (χ1) is 10.9. The van der Waals surface area contributed by atoms with E-state index in [2.05, 4.69) is 22.8 Å². The molecule has 23 heavy (non-hydrogen) atoms. The average Bonchev–Trinajstić information content (AvgIpc) is 2.49. The highest BCUT2D eigenvalue weighted by Gasteiger charge is 2.20. The second kappa shape index (κ2) is 7.68. The number of aryl methyl sites for hydroxylation is 1. The van der Waals surface area contributed by atoms with E-state index in [0.717, 1.165) is 18.6 Å². The van der Waals surface area contributed by atoms with Crippen LogP contribution in [-0.2, 0) is 11.2 Å². The molecule has 0 radical (unpaired) electrons. The predicted octanol–water partition coefficient (Wildman–Crippen LogP) is 3.19. The van der Waals surface area contributed by atoms with Crippen molar-refractivity contribution in [2.75, 3.05) is 20.2 Å². The summed E-state index contributed by atoms with van der Waals surface area (Å²) in [5, 5.41) is 6.30. The van der Waals surface area contributed by atoms with Crippen LogP contribution in [0.3, 0.4) is 0 Å². The van der Waals surface area contributed by atoms with Crippen LogP contribution in [0.2, 0.25) is 0 Å². The van der Waals surface area contributed by atoms with Gasteiger partial charge in [0.25, 0.3) is 0 Å². The number of carbonyl (C=O) groups is 1. The highest BCUT2D eigenvalue weighted by atomic mass is 16.6. The normalized spacial score (nSPS) is 17.3. The molecule has 1 aromatic carbocycles. The minimum absolute atomic E-state index is 0.314. The zero-order valence-corrected chi connectivity index (χ0v) is 14.6. The number of carbonyl (C=O) groups excluding carboxylic acids is 1. The molecule has 2 rings (SSSR count). The number of nitrogens with one attached hydrogen (secondary N) is 2. The van der Waals surface area contributed by atoms with E-state index >= 15 is 0 Å². The summed E-state index contributed by atoms with van der Waals surface area (Å²) < 4.78 is 10.6. The topological polar surface area (TPSA) is 59.6 Å². The van der Waals surface area contributed by atoms with Gasteiger partial charge in [0.05, 0.1) is 7.11 Å². The lowest BCUT2D eigenvalue weighted by atomic mass is 9.87. The second-order valence-corrected chi connectivity index (χ2v) is 6.89. The first-order valence-electron chi connectivity index (χ1n) is 8.26. The number of fused-ring (bicyclic) bond motifs is 1. The quantitative estimate of drug-likeness (QED) is 0.818. The molecule has 0 bridgehead atoms. The van der Waals surface area contributed by atoms with Gasteiger partial charge in [-0.15, -0.1) is 0 Å². The molecule has 0 saturated carbocycles. The van der Waals surface area contributed by atoms with Crippen molar-refractivity contribution < 1.29 is 14.3 Å². The number of rotatable bonds is 5. The summed E-state index contributed by atoms with van der Waals surface area (Å²) >= 11 is 0. The molecular weight excluding hydrogens is 292 g/mol. The SMILES string of the molecule is COc1ccc2c(c1)C(NCCNC(=O)OC(C)(C)C)CCC2. The van der Waals surface area contributed by atoms with E-state index < -0.39 is 5.60 Å². The van der Waals surface area contributed by atoms with Crippen LogP contribution in [0, 0.1) is 0 Å². The van der Waals surface area contributed by atoms with Crippen LogP contribution in [0.5, 0.6) is 5.75 Å². The molecule has 1 atom stereocenters. The molecule has 128 valence electrons. The van der Waals surface area contributed by atoms with Gasteiger partial charge in [0.1, 0.15) is 11.4 Å². The first kappa shape index (κ1) is 17.6. The van der Waals surface area contributed by atoms with Gasteiger partial charge < -0.3 is 20.1 Å². The Balaban J connectivity index is 1.82. The van der Waals surface area contributed by atoms with Gasteiger partial charge in [-0.3, -0.25) is 0 Å². The van der Waals surface area contributed by atoms with Crippen molar-refractivity contribution in [3.63, 3.8) is 0 Å². The van der Waals surface area contributed by atoms with Gasteiger partial charge in [-0.05, 0) is 63.3 Å². The molecule has 0 spiro atoms. The number of hydrogen-bond acceptors (Lipinski definition) is 4. The van der Waals surface area contributed by atoms with E-state index in [0.29, 0.717) is 19.1 Å². The van der Waals surface area contributed by atoms with Gasteiger partial charge >= 0.3 is 6.09 Å². The van der Waals surface area contributed by atoms with Crippen LogP contribution in [-0.4, -0.2) is 31.9 Å². The van der Waals surface area contributed by atoms with Crippen molar-refractivity contribution >= 4 is 6.09 Å². The third kappa shape index (κ3) is 5.43. The van der Waals surface area contributed by atoms with Gasteiger partial charge in [0.2, 0.25) is 0 Å². The molecule has 1 aliphatic carbocycles. The second-order valence-electron chi connectivity index (χ2n) is 6.89. The van der Waals surface area contributed by atoms with Gasteiger partial charge in [0.15, 0.2) is 0 Å². The zero-order valence-electron chi connectivity index (χ0n) is 14.6. The van der Waals surface area contributed by atoms with E-state index in [-0.39, 0.29) is 6.09 Å². The Kier molecular flexibility index (Phi) is 5.88. The molecule has 0 heterocycles. The van der Waals surface area contributed by atoms with Gasteiger partial charge in [-0.1, -0.05) is 6.07 Å². The fourth-order valence-corrected chi connectivity index (χ4v) is 2.84. The average molecular weight is 320 g/mol. The zero-order chi connectivity index (χ0) is 16.9. The molecule has 5 nitrogen and oxygen atoms in total. The molecule has 5 heteroatoms. The summed E-state index contributed by atoms with van der Waals surface area (Å²) in [6.07, 6.45) is 3.03. The highest BCUT2D eigenvalue weighted by molar-refractivity contribution is 5.67. The maximum Gasteiger partial charge on any atom is 0.407 e. The van der Waals surface area contributed by atoms with Crippen LogP contribution < -0.4 is 15.4 Å². The van der Waals surface area contributed by atoms with E-state index in [1.54, 1.807) is 7.11 Å². The molecule has 1 aliphatic rings. The summed E-state index contributed by atoms with van der Waals surface area (Å²) in [5.41, 5.74) is 2.23.